The second-order valence-electron chi connectivity index (χ2n) is 8.40. The number of carbonyl (C=O) groups is 2. The largest absolute Gasteiger partial charge is 0.497 e. The molecule has 7 nitrogen and oxygen atoms in total. The maximum absolute atomic E-state index is 13.1. The van der Waals surface area contributed by atoms with Crippen molar-refractivity contribution in [3.63, 3.8) is 0 Å². The van der Waals surface area contributed by atoms with Crippen LogP contribution in [-0.2, 0) is 5.75 Å². The monoisotopic (exact) mass is 552 g/mol. The molecule has 0 aliphatic heterocycles. The molecule has 0 saturated heterocycles. The van der Waals surface area contributed by atoms with Crippen LogP contribution in [0.3, 0.4) is 0 Å². The number of benzene rings is 3. The summed E-state index contributed by atoms with van der Waals surface area (Å²) in [4.78, 5) is 28.3. The third kappa shape index (κ3) is 8.90. The van der Waals surface area contributed by atoms with Crippen molar-refractivity contribution in [2.45, 2.75) is 19.6 Å². The van der Waals surface area contributed by atoms with Crippen molar-refractivity contribution >= 4 is 47.1 Å². The Labute approximate surface area is 233 Å². The van der Waals surface area contributed by atoms with Gasteiger partial charge in [0, 0.05) is 28.6 Å². The quantitative estimate of drug-likeness (QED) is 0.156. The van der Waals surface area contributed by atoms with Gasteiger partial charge in [0.15, 0.2) is 0 Å². The van der Waals surface area contributed by atoms with E-state index in [0.717, 1.165) is 42.3 Å². The molecule has 0 spiro atoms. The number of nitrogens with one attached hydrogen (secondary N) is 2. The summed E-state index contributed by atoms with van der Waals surface area (Å²) in [5, 5.41) is 7.24. The van der Waals surface area contributed by atoms with E-state index in [2.05, 4.69) is 34.6 Å². The Bertz CT molecular complexity index is 1260. The molecule has 0 unspecified atom stereocenters. The second-order valence-corrected chi connectivity index (χ2v) is 9.94. The number of methoxy groups -OCH3 is 1. The predicted octanol–water partition coefficient (Wildman–Crippen LogP) is 5.94. The van der Waals surface area contributed by atoms with Gasteiger partial charge in [0.1, 0.15) is 5.75 Å². The van der Waals surface area contributed by atoms with E-state index >= 15 is 0 Å². The van der Waals surface area contributed by atoms with Crippen LogP contribution in [-0.4, -0.2) is 55.4 Å². The molecule has 38 heavy (non-hydrogen) atoms. The predicted molar refractivity (Wildman–Crippen MR) is 158 cm³/mol. The topological polar surface area (TPSA) is 83.0 Å². The lowest BCUT2D eigenvalue weighted by molar-refractivity contribution is 0.0956. The molecule has 0 fully saturated rings. The van der Waals surface area contributed by atoms with Crippen LogP contribution in [0.15, 0.2) is 71.8 Å². The molecule has 0 aromatic heterocycles. The van der Waals surface area contributed by atoms with Crippen molar-refractivity contribution in [3.8, 4) is 5.75 Å². The van der Waals surface area contributed by atoms with E-state index in [4.69, 9.17) is 16.3 Å². The van der Waals surface area contributed by atoms with Gasteiger partial charge < -0.3 is 15.0 Å². The number of amides is 2. The average Bonchev–Trinajstić information content (AvgIpc) is 2.94. The van der Waals surface area contributed by atoms with Crippen LogP contribution >= 0.6 is 23.4 Å². The summed E-state index contributed by atoms with van der Waals surface area (Å²) in [7, 11) is 1.58. The minimum Gasteiger partial charge on any atom is -0.497 e. The van der Waals surface area contributed by atoms with Crippen molar-refractivity contribution < 1.29 is 14.3 Å². The molecule has 0 radical (unpaired) electrons. The first kappa shape index (κ1) is 29.2. The molecule has 2 amide bonds. The van der Waals surface area contributed by atoms with E-state index in [-0.39, 0.29) is 11.5 Å². The molecule has 0 aliphatic carbocycles. The van der Waals surface area contributed by atoms with Crippen LogP contribution in [0.5, 0.6) is 5.75 Å². The first-order valence-corrected chi connectivity index (χ1v) is 13.9. The van der Waals surface area contributed by atoms with E-state index < -0.39 is 5.91 Å². The fourth-order valence-electron chi connectivity index (χ4n) is 3.68. The number of hydrogen-bond acceptors (Lipinski definition) is 6. The SMILES string of the molecule is CCN(CC)CCSCc1cccc(C(=O)Nc2ccc(Cl)cc2C(=O)N/N=C/c2cccc(OC)c2)c1. The van der Waals surface area contributed by atoms with E-state index in [1.165, 1.54) is 12.3 Å². The van der Waals surface area contributed by atoms with Crippen molar-refractivity contribution in [1.29, 1.82) is 0 Å². The number of carbonyl (C=O) groups excluding carboxylic acids is 2. The number of anilines is 1. The first-order valence-electron chi connectivity index (χ1n) is 12.4. The van der Waals surface area contributed by atoms with Gasteiger partial charge in [0.25, 0.3) is 11.8 Å². The standard InChI is InChI=1S/C29H33ClN4O3S/c1-4-34(5-2)14-15-38-20-22-9-6-10-23(16-22)28(35)32-27-13-12-24(30)18-26(27)29(36)33-31-19-21-8-7-11-25(17-21)37-3/h6-13,16-19H,4-5,14-15,20H2,1-3H3,(H,32,35)(H,33,36)/b31-19+. The fourth-order valence-corrected chi connectivity index (χ4v) is 4.80. The van der Waals surface area contributed by atoms with Crippen molar-refractivity contribution in [2.24, 2.45) is 5.10 Å². The molecule has 2 N–H and O–H groups in total. The van der Waals surface area contributed by atoms with Gasteiger partial charge in [0.05, 0.1) is 24.6 Å². The molecule has 3 aromatic carbocycles. The van der Waals surface area contributed by atoms with Crippen LogP contribution in [0.4, 0.5) is 5.69 Å². The summed E-state index contributed by atoms with van der Waals surface area (Å²) in [6.07, 6.45) is 1.51. The van der Waals surface area contributed by atoms with Crippen molar-refractivity contribution in [3.05, 3.63) is 94.0 Å². The van der Waals surface area contributed by atoms with Crippen LogP contribution < -0.4 is 15.5 Å². The Hall–Kier alpha value is -3.33. The van der Waals surface area contributed by atoms with Gasteiger partial charge in [-0.25, -0.2) is 5.43 Å². The van der Waals surface area contributed by atoms with Gasteiger partial charge in [0.2, 0.25) is 0 Å². The third-order valence-electron chi connectivity index (χ3n) is 5.85. The van der Waals surface area contributed by atoms with E-state index in [0.29, 0.717) is 22.0 Å². The number of nitrogens with zero attached hydrogens (tertiary/aromatic N) is 2. The lowest BCUT2D eigenvalue weighted by atomic mass is 10.1. The molecule has 0 heterocycles. The van der Waals surface area contributed by atoms with Crippen molar-refractivity contribution in [2.75, 3.05) is 37.8 Å². The van der Waals surface area contributed by atoms with E-state index in [1.807, 2.05) is 48.2 Å². The lowest BCUT2D eigenvalue weighted by Gasteiger charge is -2.17. The summed E-state index contributed by atoms with van der Waals surface area (Å²) in [6, 6.07) is 19.5. The molecule has 0 saturated carbocycles. The van der Waals surface area contributed by atoms with Gasteiger partial charge in [-0.05, 0) is 66.7 Å². The highest BCUT2D eigenvalue weighted by molar-refractivity contribution is 7.98. The summed E-state index contributed by atoms with van der Waals surface area (Å²) < 4.78 is 5.20. The molecule has 0 bridgehead atoms. The number of rotatable bonds is 13. The Morgan fingerprint density at radius 2 is 1.82 bits per heavy atom. The molecule has 3 rings (SSSR count). The average molecular weight is 553 g/mol. The number of ether oxygens (including phenoxy) is 1. The van der Waals surface area contributed by atoms with Crippen LogP contribution in [0.2, 0.25) is 5.02 Å². The summed E-state index contributed by atoms with van der Waals surface area (Å²) in [5.41, 5.74) is 5.39. The minimum atomic E-state index is -0.500. The Morgan fingerprint density at radius 1 is 1.03 bits per heavy atom. The van der Waals surface area contributed by atoms with Gasteiger partial charge in [-0.3, -0.25) is 9.59 Å². The summed E-state index contributed by atoms with van der Waals surface area (Å²) in [5.74, 6) is 1.73. The number of halogens is 1. The maximum Gasteiger partial charge on any atom is 0.273 e. The smallest absolute Gasteiger partial charge is 0.273 e. The lowest BCUT2D eigenvalue weighted by Crippen LogP contribution is -2.25. The highest BCUT2D eigenvalue weighted by Crippen LogP contribution is 2.22. The molecule has 0 atom stereocenters. The van der Waals surface area contributed by atoms with Gasteiger partial charge in [-0.1, -0.05) is 49.7 Å². The minimum absolute atomic E-state index is 0.205. The van der Waals surface area contributed by atoms with Crippen LogP contribution in [0.25, 0.3) is 0 Å². The normalized spacial score (nSPS) is 11.1. The van der Waals surface area contributed by atoms with Gasteiger partial charge in [-0.15, -0.1) is 0 Å². The zero-order valence-corrected chi connectivity index (χ0v) is 23.4. The van der Waals surface area contributed by atoms with E-state index in [9.17, 15) is 9.59 Å². The Kier molecular flexibility index (Phi) is 11.7. The zero-order valence-electron chi connectivity index (χ0n) is 21.9. The van der Waals surface area contributed by atoms with Crippen molar-refractivity contribution in [1.82, 2.24) is 10.3 Å². The Balaban J connectivity index is 1.64. The summed E-state index contributed by atoms with van der Waals surface area (Å²) in [6.45, 7) is 7.48. The highest BCUT2D eigenvalue weighted by atomic mass is 35.5. The first-order chi connectivity index (χ1) is 18.4. The van der Waals surface area contributed by atoms with Gasteiger partial charge >= 0.3 is 0 Å². The number of hydrogen-bond donors (Lipinski definition) is 2. The molecule has 0 aliphatic rings. The fraction of sp³-hybridized carbons (Fsp3) is 0.276. The number of hydrazone groups is 1. The maximum atomic E-state index is 13.1. The second kappa shape index (κ2) is 15.2. The molecular formula is C29H33ClN4O3S. The third-order valence-corrected chi connectivity index (χ3v) is 7.10. The van der Waals surface area contributed by atoms with Gasteiger partial charge in [-0.2, -0.15) is 16.9 Å². The molecule has 3 aromatic rings. The van der Waals surface area contributed by atoms with E-state index in [1.54, 1.807) is 31.4 Å². The zero-order chi connectivity index (χ0) is 27.3. The summed E-state index contributed by atoms with van der Waals surface area (Å²) >= 11 is 7.99. The Morgan fingerprint density at radius 3 is 2.58 bits per heavy atom. The molecular weight excluding hydrogens is 520 g/mol. The number of thioether (sulfide) groups is 1. The molecule has 9 heteroatoms. The van der Waals surface area contributed by atoms with Crippen LogP contribution in [0.1, 0.15) is 45.7 Å². The highest BCUT2D eigenvalue weighted by Gasteiger charge is 2.15. The van der Waals surface area contributed by atoms with Crippen LogP contribution in [0, 0.1) is 0 Å². The molecule has 200 valence electrons.